The standard InChI is InChI=1S/C11H20O5Si/c1-5-6-8-16-10(12)7-9-17-11(13-2,14-3)15-4/h7,9H,5-6,8H2,1-4H3. The van der Waals surface area contributed by atoms with Gasteiger partial charge in [0.1, 0.15) is 0 Å². The van der Waals surface area contributed by atoms with Crippen molar-refractivity contribution in [2.75, 3.05) is 27.9 Å². The average molecular weight is 260 g/mol. The summed E-state index contributed by atoms with van der Waals surface area (Å²) in [5.41, 5.74) is 0.519. The molecule has 0 saturated carbocycles. The second-order valence-corrected chi connectivity index (χ2v) is 4.40. The molecule has 0 amide bonds. The zero-order chi connectivity index (χ0) is 13.1. The van der Waals surface area contributed by atoms with Crippen LogP contribution in [-0.2, 0) is 23.7 Å². The molecule has 0 fully saturated rings. The lowest BCUT2D eigenvalue weighted by atomic mass is 10.4. The Bertz CT molecular complexity index is 230. The van der Waals surface area contributed by atoms with Gasteiger partial charge < -0.3 is 18.9 Å². The van der Waals surface area contributed by atoms with Crippen molar-refractivity contribution in [2.45, 2.75) is 25.4 Å². The van der Waals surface area contributed by atoms with Gasteiger partial charge in [-0.3, -0.25) is 0 Å². The lowest BCUT2D eigenvalue weighted by Gasteiger charge is -2.26. The largest absolute Gasteiger partial charge is 0.463 e. The summed E-state index contributed by atoms with van der Waals surface area (Å²) in [5, 5.41) is 0. The van der Waals surface area contributed by atoms with E-state index in [2.05, 4.69) is 0 Å². The first-order valence-corrected chi connectivity index (χ1v) is 6.48. The molecule has 0 heterocycles. The minimum atomic E-state index is -1.11. The molecule has 5 nitrogen and oxygen atoms in total. The Morgan fingerprint density at radius 1 is 1.24 bits per heavy atom. The molecule has 0 aromatic heterocycles. The molecule has 0 spiro atoms. The summed E-state index contributed by atoms with van der Waals surface area (Å²) in [4.78, 5) is 11.2. The van der Waals surface area contributed by atoms with Crippen LogP contribution in [0.3, 0.4) is 0 Å². The van der Waals surface area contributed by atoms with Crippen molar-refractivity contribution in [3.63, 3.8) is 0 Å². The van der Waals surface area contributed by atoms with Gasteiger partial charge in [0.25, 0.3) is 5.60 Å². The fourth-order valence-corrected chi connectivity index (χ4v) is 1.78. The van der Waals surface area contributed by atoms with Crippen molar-refractivity contribution in [3.8, 4) is 0 Å². The Morgan fingerprint density at radius 3 is 2.29 bits per heavy atom. The van der Waals surface area contributed by atoms with Crippen LogP contribution in [0.25, 0.3) is 0 Å². The van der Waals surface area contributed by atoms with Gasteiger partial charge in [-0.05, 0) is 6.42 Å². The number of ether oxygens (including phenoxy) is 4. The summed E-state index contributed by atoms with van der Waals surface area (Å²) in [7, 11) is 4.48. The van der Waals surface area contributed by atoms with Crippen LogP contribution in [0.4, 0.5) is 0 Å². The zero-order valence-electron chi connectivity index (χ0n) is 10.8. The number of carbonyl (C=O) groups is 1. The van der Waals surface area contributed by atoms with Gasteiger partial charge in [0.05, 0.1) is 6.61 Å². The third-order valence-electron chi connectivity index (χ3n) is 2.03. The Balaban J connectivity index is 4.03. The second-order valence-electron chi connectivity index (χ2n) is 3.17. The Kier molecular flexibility index (Phi) is 8.97. The summed E-state index contributed by atoms with van der Waals surface area (Å²) >= 11 is 0. The highest BCUT2D eigenvalue weighted by Crippen LogP contribution is 2.09. The van der Waals surface area contributed by atoms with E-state index in [0.29, 0.717) is 6.61 Å². The first-order valence-electron chi connectivity index (χ1n) is 5.40. The molecule has 6 heteroatoms. The molecule has 0 bridgehead atoms. The molecular weight excluding hydrogens is 240 g/mol. The Morgan fingerprint density at radius 2 is 1.82 bits per heavy atom. The number of carbonyl (C=O) groups excluding carboxylic acids is 1. The third kappa shape index (κ3) is 6.57. The van der Waals surface area contributed by atoms with E-state index >= 15 is 0 Å². The smallest absolute Gasteiger partial charge is 0.330 e. The lowest BCUT2D eigenvalue weighted by molar-refractivity contribution is -0.294. The quantitative estimate of drug-likeness (QED) is 0.204. The number of unbranched alkanes of at least 4 members (excludes halogenated alkanes) is 1. The molecule has 0 atom stereocenters. The first-order chi connectivity index (χ1) is 8.14. The second kappa shape index (κ2) is 9.35. The van der Waals surface area contributed by atoms with Crippen LogP contribution in [0.1, 0.15) is 19.8 Å². The summed E-state index contributed by atoms with van der Waals surface area (Å²) in [5.74, 6) is -0.358. The van der Waals surface area contributed by atoms with Crippen molar-refractivity contribution in [3.05, 3.63) is 11.8 Å². The van der Waals surface area contributed by atoms with Gasteiger partial charge >= 0.3 is 5.97 Å². The van der Waals surface area contributed by atoms with E-state index in [1.807, 2.05) is 6.92 Å². The summed E-state index contributed by atoms with van der Waals surface area (Å²) in [6.07, 6.45) is 3.23. The minimum absolute atomic E-state index is 0.0438. The molecular formula is C11H20O5Si. The highest BCUT2D eigenvalue weighted by molar-refractivity contribution is 6.45. The molecule has 0 aromatic carbocycles. The van der Waals surface area contributed by atoms with Crippen LogP contribution < -0.4 is 0 Å². The molecule has 0 unspecified atom stereocenters. The fraction of sp³-hybridized carbons (Fsp3) is 0.727. The van der Waals surface area contributed by atoms with E-state index in [9.17, 15) is 4.79 Å². The van der Waals surface area contributed by atoms with Gasteiger partial charge in [0.15, 0.2) is 9.52 Å². The topological polar surface area (TPSA) is 54.0 Å². The van der Waals surface area contributed by atoms with Crippen molar-refractivity contribution in [2.24, 2.45) is 0 Å². The van der Waals surface area contributed by atoms with Crippen molar-refractivity contribution >= 4 is 15.5 Å². The normalized spacial score (nSPS) is 12.0. The van der Waals surface area contributed by atoms with Crippen LogP contribution in [0.15, 0.2) is 11.8 Å². The first kappa shape index (κ1) is 16.3. The van der Waals surface area contributed by atoms with Crippen LogP contribution in [0, 0.1) is 0 Å². The Labute approximate surface area is 105 Å². The molecule has 0 rings (SSSR count). The van der Waals surface area contributed by atoms with Crippen LogP contribution in [0.5, 0.6) is 0 Å². The van der Waals surface area contributed by atoms with E-state index < -0.39 is 5.60 Å². The molecule has 0 N–H and O–H groups in total. The lowest BCUT2D eigenvalue weighted by Crippen LogP contribution is -2.41. The summed E-state index contributed by atoms with van der Waals surface area (Å²) < 4.78 is 20.2. The van der Waals surface area contributed by atoms with Crippen molar-refractivity contribution < 1.29 is 23.7 Å². The van der Waals surface area contributed by atoms with Gasteiger partial charge in [0.2, 0.25) is 0 Å². The van der Waals surface area contributed by atoms with E-state index in [4.69, 9.17) is 18.9 Å². The van der Waals surface area contributed by atoms with Crippen LogP contribution in [0.2, 0.25) is 0 Å². The number of hydrogen-bond acceptors (Lipinski definition) is 5. The number of esters is 1. The maximum Gasteiger partial charge on any atom is 0.330 e. The molecule has 0 aliphatic carbocycles. The molecule has 17 heavy (non-hydrogen) atoms. The molecule has 98 valence electrons. The average Bonchev–Trinajstić information content (AvgIpc) is 2.36. The molecule has 0 aliphatic rings. The van der Waals surface area contributed by atoms with Gasteiger partial charge in [-0.1, -0.05) is 19.0 Å². The molecule has 0 aromatic rings. The molecule has 2 radical (unpaired) electrons. The highest BCUT2D eigenvalue weighted by atomic mass is 28.2. The fourth-order valence-electron chi connectivity index (χ4n) is 1.00. The van der Waals surface area contributed by atoms with E-state index in [1.165, 1.54) is 27.4 Å². The number of rotatable bonds is 9. The van der Waals surface area contributed by atoms with Gasteiger partial charge in [-0.15, -0.1) is 0 Å². The maximum atomic E-state index is 11.2. The number of hydrogen-bond donors (Lipinski definition) is 0. The number of methoxy groups -OCH3 is 3. The van der Waals surface area contributed by atoms with E-state index in [1.54, 1.807) is 5.70 Å². The minimum Gasteiger partial charge on any atom is -0.463 e. The molecule has 0 saturated heterocycles. The van der Waals surface area contributed by atoms with Gasteiger partial charge in [-0.25, -0.2) is 4.79 Å². The van der Waals surface area contributed by atoms with Crippen LogP contribution in [-0.4, -0.2) is 49.0 Å². The highest BCUT2D eigenvalue weighted by Gasteiger charge is 2.28. The van der Waals surface area contributed by atoms with Crippen molar-refractivity contribution in [1.29, 1.82) is 0 Å². The summed E-state index contributed by atoms with van der Waals surface area (Å²) in [6, 6.07) is 0. The van der Waals surface area contributed by atoms with E-state index in [0.717, 1.165) is 12.8 Å². The van der Waals surface area contributed by atoms with Crippen LogP contribution >= 0.6 is 0 Å². The zero-order valence-corrected chi connectivity index (χ0v) is 11.8. The van der Waals surface area contributed by atoms with Gasteiger partial charge in [-0.2, -0.15) is 0 Å². The predicted octanol–water partition coefficient (Wildman–Crippen LogP) is 1.10. The monoisotopic (exact) mass is 260 g/mol. The molecule has 0 aliphatic heterocycles. The van der Waals surface area contributed by atoms with Crippen molar-refractivity contribution in [1.82, 2.24) is 0 Å². The Hall–Kier alpha value is -0.693. The maximum absolute atomic E-state index is 11.2. The third-order valence-corrected chi connectivity index (χ3v) is 3.33. The summed E-state index contributed by atoms with van der Waals surface area (Å²) in [6.45, 7) is 2.49. The van der Waals surface area contributed by atoms with E-state index in [-0.39, 0.29) is 15.5 Å². The SMILES string of the molecule is CCCCOC(=O)C=C[Si]C(OC)(OC)OC. The van der Waals surface area contributed by atoms with Gasteiger partial charge in [0, 0.05) is 27.4 Å². The predicted molar refractivity (Wildman–Crippen MR) is 64.5 cm³/mol.